The van der Waals surface area contributed by atoms with Gasteiger partial charge in [0.2, 0.25) is 5.91 Å². The van der Waals surface area contributed by atoms with Gasteiger partial charge < -0.3 is 10.3 Å². The van der Waals surface area contributed by atoms with Crippen LogP contribution < -0.4 is 10.9 Å². The molecule has 24 heavy (non-hydrogen) atoms. The maximum absolute atomic E-state index is 12.6. The highest BCUT2D eigenvalue weighted by Crippen LogP contribution is 2.28. The molecule has 0 atom stereocenters. The highest BCUT2D eigenvalue weighted by molar-refractivity contribution is 7.99. The number of H-pyrrole nitrogens is 1. The number of halogens is 4. The van der Waals surface area contributed by atoms with E-state index in [1.165, 1.54) is 0 Å². The second kappa shape index (κ2) is 7.27. The number of carbonyl (C=O) groups excluding carboxylic acids is 1. The van der Waals surface area contributed by atoms with Crippen LogP contribution in [0.3, 0.4) is 0 Å². The molecule has 10 heteroatoms. The Morgan fingerprint density at radius 1 is 1.42 bits per heavy atom. The average Bonchev–Trinajstić information content (AvgIpc) is 2.48. The van der Waals surface area contributed by atoms with Crippen molar-refractivity contribution in [2.45, 2.75) is 18.3 Å². The van der Waals surface area contributed by atoms with E-state index in [0.29, 0.717) is 34.1 Å². The Morgan fingerprint density at radius 2 is 2.12 bits per heavy atom. The molecule has 2 N–H and O–H groups in total. The standard InChI is InChI=1S/C14H11ClF3N3O2S/c1-7-8(15)3-2-4-9(7)19-12(23)6-24-13-20-10(14(16,17)18)5-11(22)21-13/h2-5H,6H2,1H3,(H,19,23)(H,20,21,22). The number of aromatic nitrogens is 2. The monoisotopic (exact) mass is 377 g/mol. The molecule has 1 aromatic carbocycles. The number of nitrogens with zero attached hydrogens (tertiary/aromatic N) is 1. The molecule has 1 amide bonds. The molecule has 0 saturated carbocycles. The van der Waals surface area contributed by atoms with E-state index in [4.69, 9.17) is 11.6 Å². The highest BCUT2D eigenvalue weighted by atomic mass is 35.5. The summed E-state index contributed by atoms with van der Waals surface area (Å²) in [6, 6.07) is 5.33. The summed E-state index contributed by atoms with van der Waals surface area (Å²) in [6.45, 7) is 1.72. The zero-order valence-corrected chi connectivity index (χ0v) is 13.8. The zero-order valence-electron chi connectivity index (χ0n) is 12.2. The number of carbonyl (C=O) groups is 1. The van der Waals surface area contributed by atoms with Crippen molar-refractivity contribution in [3.05, 3.63) is 50.9 Å². The fourth-order valence-corrected chi connectivity index (χ4v) is 2.56. The van der Waals surface area contributed by atoms with E-state index in [0.717, 1.165) is 0 Å². The maximum atomic E-state index is 12.6. The van der Waals surface area contributed by atoms with Gasteiger partial charge in [-0.2, -0.15) is 13.2 Å². The summed E-state index contributed by atoms with van der Waals surface area (Å²) < 4.78 is 37.8. The first-order valence-electron chi connectivity index (χ1n) is 6.53. The lowest BCUT2D eigenvalue weighted by atomic mass is 10.2. The Balaban J connectivity index is 2.05. The molecule has 0 aliphatic carbocycles. The number of anilines is 1. The van der Waals surface area contributed by atoms with Gasteiger partial charge in [-0.1, -0.05) is 29.4 Å². The summed E-state index contributed by atoms with van der Waals surface area (Å²) in [7, 11) is 0. The van der Waals surface area contributed by atoms with Crippen LogP contribution in [-0.4, -0.2) is 21.6 Å². The third-order valence-electron chi connectivity index (χ3n) is 2.89. The molecule has 0 aliphatic heterocycles. The summed E-state index contributed by atoms with van der Waals surface area (Å²) in [5, 5.41) is 2.79. The lowest BCUT2D eigenvalue weighted by molar-refractivity contribution is -0.141. The molecular formula is C14H11ClF3N3O2S. The van der Waals surface area contributed by atoms with Crippen LogP contribution in [0.1, 0.15) is 11.3 Å². The van der Waals surface area contributed by atoms with Gasteiger partial charge in [0.25, 0.3) is 5.56 Å². The summed E-state index contributed by atoms with van der Waals surface area (Å²) in [5.41, 5.74) is -1.08. The minimum atomic E-state index is -4.73. The number of rotatable bonds is 4. The second-order valence-electron chi connectivity index (χ2n) is 4.68. The minimum absolute atomic E-state index is 0.226. The van der Waals surface area contributed by atoms with Gasteiger partial charge in [-0.3, -0.25) is 9.59 Å². The molecule has 0 unspecified atom stereocenters. The van der Waals surface area contributed by atoms with Crippen LogP contribution in [0.15, 0.2) is 34.2 Å². The number of aromatic amines is 1. The smallest absolute Gasteiger partial charge is 0.325 e. The quantitative estimate of drug-likeness (QED) is 0.632. The molecule has 2 aromatic rings. The van der Waals surface area contributed by atoms with Crippen molar-refractivity contribution in [2.24, 2.45) is 0 Å². The molecule has 1 aromatic heterocycles. The molecular weight excluding hydrogens is 367 g/mol. The van der Waals surface area contributed by atoms with Crippen LogP contribution >= 0.6 is 23.4 Å². The third-order valence-corrected chi connectivity index (χ3v) is 4.17. The summed E-state index contributed by atoms with van der Waals surface area (Å²) in [6.07, 6.45) is -4.73. The first-order chi connectivity index (χ1) is 11.2. The summed E-state index contributed by atoms with van der Waals surface area (Å²) >= 11 is 6.63. The molecule has 0 fully saturated rings. The summed E-state index contributed by atoms with van der Waals surface area (Å²) in [4.78, 5) is 28.6. The number of hydrogen-bond donors (Lipinski definition) is 2. The van der Waals surface area contributed by atoms with Crippen molar-refractivity contribution >= 4 is 35.0 Å². The van der Waals surface area contributed by atoms with Gasteiger partial charge >= 0.3 is 6.18 Å². The summed E-state index contributed by atoms with van der Waals surface area (Å²) in [5.74, 6) is -0.693. The largest absolute Gasteiger partial charge is 0.433 e. The fraction of sp³-hybridized carbons (Fsp3) is 0.214. The van der Waals surface area contributed by atoms with E-state index in [2.05, 4.69) is 15.3 Å². The predicted molar refractivity (Wildman–Crippen MR) is 85.4 cm³/mol. The Labute approximate surface area is 143 Å². The van der Waals surface area contributed by atoms with E-state index < -0.39 is 23.3 Å². The molecule has 1 heterocycles. The molecule has 5 nitrogen and oxygen atoms in total. The Bertz CT molecular complexity index is 824. The number of hydrogen-bond acceptors (Lipinski definition) is 4. The second-order valence-corrected chi connectivity index (χ2v) is 6.05. The van der Waals surface area contributed by atoms with Crippen LogP contribution in [0.25, 0.3) is 0 Å². The van der Waals surface area contributed by atoms with E-state index in [-0.39, 0.29) is 10.9 Å². The fourth-order valence-electron chi connectivity index (χ4n) is 1.71. The third kappa shape index (κ3) is 4.75. The van der Waals surface area contributed by atoms with Gasteiger partial charge in [-0.25, -0.2) is 4.98 Å². The van der Waals surface area contributed by atoms with E-state index in [1.54, 1.807) is 25.1 Å². The van der Waals surface area contributed by atoms with Crippen LogP contribution in [0.2, 0.25) is 5.02 Å². The van der Waals surface area contributed by atoms with Gasteiger partial charge in [0, 0.05) is 16.8 Å². The van der Waals surface area contributed by atoms with Crippen molar-refractivity contribution in [3.63, 3.8) is 0 Å². The number of benzene rings is 1. The van der Waals surface area contributed by atoms with Crippen molar-refractivity contribution < 1.29 is 18.0 Å². The van der Waals surface area contributed by atoms with E-state index in [1.807, 2.05) is 0 Å². The molecule has 0 saturated heterocycles. The predicted octanol–water partition coefficient (Wildman–Crippen LogP) is 3.48. The van der Waals surface area contributed by atoms with E-state index >= 15 is 0 Å². The number of amides is 1. The molecule has 0 aliphatic rings. The lowest BCUT2D eigenvalue weighted by Crippen LogP contribution is -2.18. The molecule has 128 valence electrons. The van der Waals surface area contributed by atoms with Crippen LogP contribution in [0.5, 0.6) is 0 Å². The number of alkyl halides is 3. The number of nitrogens with one attached hydrogen (secondary N) is 2. The first kappa shape index (κ1) is 18.3. The van der Waals surface area contributed by atoms with Crippen LogP contribution in [0, 0.1) is 6.92 Å². The zero-order chi connectivity index (χ0) is 17.9. The average molecular weight is 378 g/mol. The van der Waals surface area contributed by atoms with Crippen molar-refractivity contribution in [1.82, 2.24) is 9.97 Å². The Morgan fingerprint density at radius 3 is 2.79 bits per heavy atom. The minimum Gasteiger partial charge on any atom is -0.325 e. The molecule has 2 rings (SSSR count). The van der Waals surface area contributed by atoms with Gasteiger partial charge in [-0.15, -0.1) is 0 Å². The molecule has 0 radical (unpaired) electrons. The van der Waals surface area contributed by atoms with Crippen molar-refractivity contribution in [2.75, 3.05) is 11.1 Å². The van der Waals surface area contributed by atoms with Crippen LogP contribution in [-0.2, 0) is 11.0 Å². The topological polar surface area (TPSA) is 74.8 Å². The van der Waals surface area contributed by atoms with Gasteiger partial charge in [0.15, 0.2) is 10.9 Å². The normalized spacial score (nSPS) is 11.4. The Kier molecular flexibility index (Phi) is 5.55. The molecule has 0 spiro atoms. The van der Waals surface area contributed by atoms with Gasteiger partial charge in [0.05, 0.1) is 5.75 Å². The molecule has 0 bridgehead atoms. The van der Waals surface area contributed by atoms with Crippen LogP contribution in [0.4, 0.5) is 18.9 Å². The Hall–Kier alpha value is -2.00. The van der Waals surface area contributed by atoms with E-state index in [9.17, 15) is 22.8 Å². The maximum Gasteiger partial charge on any atom is 0.433 e. The van der Waals surface area contributed by atoms with Gasteiger partial charge in [0.1, 0.15) is 0 Å². The van der Waals surface area contributed by atoms with Crippen molar-refractivity contribution in [3.8, 4) is 0 Å². The van der Waals surface area contributed by atoms with Crippen molar-refractivity contribution in [1.29, 1.82) is 0 Å². The highest BCUT2D eigenvalue weighted by Gasteiger charge is 2.33. The SMILES string of the molecule is Cc1c(Cl)cccc1NC(=O)CSc1nc(C(F)(F)F)cc(=O)[nH]1. The van der Waals surface area contributed by atoms with Gasteiger partial charge in [-0.05, 0) is 24.6 Å². The number of thioether (sulfide) groups is 1. The first-order valence-corrected chi connectivity index (χ1v) is 7.89. The lowest BCUT2D eigenvalue weighted by Gasteiger charge is -2.09.